The van der Waals surface area contributed by atoms with Crippen LogP contribution in [0.4, 0.5) is 13.2 Å². The molecule has 0 saturated heterocycles. The van der Waals surface area contributed by atoms with Gasteiger partial charge in [-0.25, -0.2) is 4.79 Å². The van der Waals surface area contributed by atoms with Crippen LogP contribution in [-0.2, 0) is 18.0 Å². The molecule has 0 spiro atoms. The molecule has 0 N–H and O–H groups in total. The number of nitrogens with zero attached hydrogens (tertiary/aromatic N) is 1. The van der Waals surface area contributed by atoms with Gasteiger partial charge in [-0.2, -0.15) is 13.2 Å². The van der Waals surface area contributed by atoms with Crippen molar-refractivity contribution in [1.29, 1.82) is 0 Å². The summed E-state index contributed by atoms with van der Waals surface area (Å²) < 4.78 is 44.4. The number of halogens is 3. The lowest BCUT2D eigenvalue weighted by atomic mass is 10.0. The Morgan fingerprint density at radius 3 is 2.55 bits per heavy atom. The Morgan fingerprint density at radius 2 is 1.95 bits per heavy atom. The monoisotopic (exact) mass is 283 g/mol. The highest BCUT2D eigenvalue weighted by Gasteiger charge is 2.30. The van der Waals surface area contributed by atoms with E-state index in [4.69, 9.17) is 0 Å². The Balaban J connectivity index is 2.55. The molecule has 0 amide bonds. The third-order valence-electron chi connectivity index (χ3n) is 2.86. The van der Waals surface area contributed by atoms with Crippen molar-refractivity contribution in [3.63, 3.8) is 0 Å². The van der Waals surface area contributed by atoms with Gasteiger partial charge in [0.1, 0.15) is 0 Å². The third-order valence-corrected chi connectivity index (χ3v) is 2.86. The predicted molar refractivity (Wildman–Crippen MR) is 67.2 cm³/mol. The largest absolute Gasteiger partial charge is 0.465 e. The molecular formula is C14H12F3NO2. The van der Waals surface area contributed by atoms with E-state index in [0.29, 0.717) is 11.1 Å². The zero-order valence-corrected chi connectivity index (χ0v) is 10.9. The van der Waals surface area contributed by atoms with Gasteiger partial charge in [0.05, 0.1) is 18.2 Å². The fourth-order valence-electron chi connectivity index (χ4n) is 1.95. The summed E-state index contributed by atoms with van der Waals surface area (Å²) in [5, 5.41) is 0. The molecule has 106 valence electrons. The molecule has 0 fully saturated rings. The predicted octanol–water partition coefficient (Wildman–Crippen LogP) is 3.50. The standard InChI is InChI=1S/C14H12F3NO2/c1-18-7-11(12(8-18)13(19)20-2)9-4-3-5-10(6-9)14(15,16)17/h3-8H,1-2H3. The van der Waals surface area contributed by atoms with E-state index in [1.165, 1.54) is 25.4 Å². The first-order valence-corrected chi connectivity index (χ1v) is 5.75. The average molecular weight is 283 g/mol. The molecule has 2 rings (SSSR count). The minimum absolute atomic E-state index is 0.231. The van der Waals surface area contributed by atoms with Gasteiger partial charge in [-0.3, -0.25) is 0 Å². The van der Waals surface area contributed by atoms with E-state index in [1.807, 2.05) is 0 Å². The maximum absolute atomic E-state index is 12.7. The van der Waals surface area contributed by atoms with Gasteiger partial charge in [0.2, 0.25) is 0 Å². The van der Waals surface area contributed by atoms with Crippen LogP contribution in [0.25, 0.3) is 11.1 Å². The first kappa shape index (κ1) is 14.2. The van der Waals surface area contributed by atoms with Crippen molar-refractivity contribution in [3.05, 3.63) is 47.8 Å². The smallest absolute Gasteiger partial charge is 0.416 e. The van der Waals surface area contributed by atoms with E-state index in [1.54, 1.807) is 17.8 Å². The van der Waals surface area contributed by atoms with Crippen molar-refractivity contribution in [3.8, 4) is 11.1 Å². The van der Waals surface area contributed by atoms with Crippen LogP contribution < -0.4 is 0 Å². The first-order chi connectivity index (χ1) is 9.32. The Bertz CT molecular complexity index is 644. The number of methoxy groups -OCH3 is 1. The Labute approximate surface area is 113 Å². The molecule has 0 aliphatic rings. The van der Waals surface area contributed by atoms with Gasteiger partial charge in [0.25, 0.3) is 0 Å². The Hall–Kier alpha value is -2.24. The highest BCUT2D eigenvalue weighted by molar-refractivity contribution is 5.97. The summed E-state index contributed by atoms with van der Waals surface area (Å²) in [6, 6.07) is 4.84. The van der Waals surface area contributed by atoms with Gasteiger partial charge in [-0.1, -0.05) is 12.1 Å². The van der Waals surface area contributed by atoms with E-state index in [-0.39, 0.29) is 5.56 Å². The van der Waals surface area contributed by atoms with Crippen molar-refractivity contribution in [2.45, 2.75) is 6.18 Å². The van der Waals surface area contributed by atoms with Gasteiger partial charge < -0.3 is 9.30 Å². The quantitative estimate of drug-likeness (QED) is 0.790. The second-order valence-electron chi connectivity index (χ2n) is 4.32. The van der Waals surface area contributed by atoms with Gasteiger partial charge >= 0.3 is 12.1 Å². The lowest BCUT2D eigenvalue weighted by molar-refractivity contribution is -0.137. The molecule has 0 atom stereocenters. The van der Waals surface area contributed by atoms with Crippen molar-refractivity contribution in [1.82, 2.24) is 4.57 Å². The number of rotatable bonds is 2. The number of hydrogen-bond donors (Lipinski definition) is 0. The average Bonchev–Trinajstić information content (AvgIpc) is 2.79. The van der Waals surface area contributed by atoms with Crippen molar-refractivity contribution in [2.24, 2.45) is 7.05 Å². The summed E-state index contributed by atoms with van der Waals surface area (Å²) in [6.45, 7) is 0. The number of carbonyl (C=O) groups excluding carboxylic acids is 1. The minimum atomic E-state index is -4.42. The van der Waals surface area contributed by atoms with E-state index in [2.05, 4.69) is 4.74 Å². The third kappa shape index (κ3) is 2.68. The summed E-state index contributed by atoms with van der Waals surface area (Å²) in [4.78, 5) is 11.6. The van der Waals surface area contributed by atoms with Crippen LogP contribution in [0.5, 0.6) is 0 Å². The molecule has 1 aromatic carbocycles. The Kier molecular flexibility index (Phi) is 3.57. The van der Waals surface area contributed by atoms with E-state index < -0.39 is 17.7 Å². The molecule has 0 radical (unpaired) electrons. The molecule has 2 aromatic rings. The fourth-order valence-corrected chi connectivity index (χ4v) is 1.95. The number of aromatic nitrogens is 1. The summed E-state index contributed by atoms with van der Waals surface area (Å²) in [6.07, 6.45) is -1.32. The SMILES string of the molecule is COC(=O)c1cn(C)cc1-c1cccc(C(F)(F)F)c1. The second-order valence-corrected chi connectivity index (χ2v) is 4.32. The molecule has 0 aliphatic heterocycles. The number of aryl methyl sites for hydroxylation is 1. The first-order valence-electron chi connectivity index (χ1n) is 5.75. The maximum Gasteiger partial charge on any atom is 0.416 e. The normalized spacial score (nSPS) is 11.4. The zero-order valence-electron chi connectivity index (χ0n) is 10.9. The van der Waals surface area contributed by atoms with Gasteiger partial charge in [0, 0.05) is 25.0 Å². The van der Waals surface area contributed by atoms with Crippen LogP contribution in [-0.4, -0.2) is 17.6 Å². The molecule has 20 heavy (non-hydrogen) atoms. The number of alkyl halides is 3. The molecule has 6 heteroatoms. The van der Waals surface area contributed by atoms with Gasteiger partial charge in [0.15, 0.2) is 0 Å². The highest BCUT2D eigenvalue weighted by atomic mass is 19.4. The molecule has 0 aliphatic carbocycles. The lowest BCUT2D eigenvalue weighted by Crippen LogP contribution is -2.05. The maximum atomic E-state index is 12.7. The molecule has 1 heterocycles. The number of benzene rings is 1. The minimum Gasteiger partial charge on any atom is -0.465 e. The van der Waals surface area contributed by atoms with Crippen molar-refractivity contribution in [2.75, 3.05) is 7.11 Å². The topological polar surface area (TPSA) is 31.2 Å². The molecule has 1 aromatic heterocycles. The number of ether oxygens (including phenoxy) is 1. The van der Waals surface area contributed by atoms with Crippen LogP contribution in [0, 0.1) is 0 Å². The van der Waals surface area contributed by atoms with Crippen LogP contribution in [0.15, 0.2) is 36.7 Å². The van der Waals surface area contributed by atoms with E-state index in [0.717, 1.165) is 12.1 Å². The van der Waals surface area contributed by atoms with Crippen molar-refractivity contribution < 1.29 is 22.7 Å². The number of carbonyl (C=O) groups is 1. The van der Waals surface area contributed by atoms with Gasteiger partial charge in [-0.05, 0) is 17.7 Å². The van der Waals surface area contributed by atoms with Gasteiger partial charge in [-0.15, -0.1) is 0 Å². The summed E-state index contributed by atoms with van der Waals surface area (Å²) in [5.74, 6) is -0.585. The fraction of sp³-hybridized carbons (Fsp3) is 0.214. The molecule has 0 bridgehead atoms. The summed E-state index contributed by atoms with van der Waals surface area (Å²) in [7, 11) is 2.91. The van der Waals surface area contributed by atoms with Crippen molar-refractivity contribution >= 4 is 5.97 Å². The zero-order chi connectivity index (χ0) is 14.9. The van der Waals surface area contributed by atoms with Crippen LogP contribution >= 0.6 is 0 Å². The highest BCUT2D eigenvalue weighted by Crippen LogP contribution is 2.33. The molecular weight excluding hydrogens is 271 g/mol. The molecule has 3 nitrogen and oxygen atoms in total. The van der Waals surface area contributed by atoms with E-state index in [9.17, 15) is 18.0 Å². The number of esters is 1. The van der Waals surface area contributed by atoms with Crippen LogP contribution in [0.3, 0.4) is 0 Å². The second kappa shape index (κ2) is 5.03. The molecule has 0 unspecified atom stereocenters. The van der Waals surface area contributed by atoms with Crippen LogP contribution in [0.2, 0.25) is 0 Å². The van der Waals surface area contributed by atoms with Crippen LogP contribution in [0.1, 0.15) is 15.9 Å². The summed E-state index contributed by atoms with van der Waals surface area (Å²) >= 11 is 0. The molecule has 0 saturated carbocycles. The lowest BCUT2D eigenvalue weighted by Gasteiger charge is -2.08. The number of hydrogen-bond acceptors (Lipinski definition) is 2. The summed E-state index contributed by atoms with van der Waals surface area (Å²) in [5.41, 5.74) is 0.204. The Morgan fingerprint density at radius 1 is 1.25 bits per heavy atom. The van der Waals surface area contributed by atoms with E-state index >= 15 is 0 Å².